The molecule has 106 valence electrons. The highest BCUT2D eigenvalue weighted by Gasteiger charge is 2.22. The van der Waals surface area contributed by atoms with Gasteiger partial charge in [-0.15, -0.1) is 0 Å². The molecule has 1 aromatic carbocycles. The van der Waals surface area contributed by atoms with Crippen LogP contribution in [0.5, 0.6) is 5.75 Å². The Labute approximate surface area is 120 Å². The van der Waals surface area contributed by atoms with E-state index < -0.39 is 6.43 Å². The van der Waals surface area contributed by atoms with E-state index in [4.69, 9.17) is 4.74 Å². The van der Waals surface area contributed by atoms with Gasteiger partial charge in [0.05, 0.1) is 17.6 Å². The molecule has 19 heavy (non-hydrogen) atoms. The Morgan fingerprint density at radius 3 is 2.89 bits per heavy atom. The molecule has 0 radical (unpaired) electrons. The molecule has 2 nitrogen and oxygen atoms in total. The summed E-state index contributed by atoms with van der Waals surface area (Å²) >= 11 is 3.43. The van der Waals surface area contributed by atoms with Gasteiger partial charge in [0.25, 0.3) is 6.43 Å². The molecule has 1 aliphatic rings. The number of hydrogen-bond donors (Lipinski definition) is 0. The van der Waals surface area contributed by atoms with Crippen LogP contribution in [-0.2, 0) is 0 Å². The highest BCUT2D eigenvalue weighted by molar-refractivity contribution is 9.10. The van der Waals surface area contributed by atoms with Crippen molar-refractivity contribution < 1.29 is 13.5 Å². The largest absolute Gasteiger partial charge is 0.492 e. The van der Waals surface area contributed by atoms with E-state index in [0.717, 1.165) is 29.6 Å². The second kappa shape index (κ2) is 7.20. The summed E-state index contributed by atoms with van der Waals surface area (Å²) in [6.45, 7) is 1.94. The molecule has 1 saturated heterocycles. The molecule has 1 fully saturated rings. The van der Waals surface area contributed by atoms with Gasteiger partial charge in [0.2, 0.25) is 0 Å². The molecule has 2 rings (SSSR count). The first kappa shape index (κ1) is 14.7. The number of nitrogens with zero attached hydrogens (tertiary/aromatic N) is 1. The first-order valence-corrected chi connectivity index (χ1v) is 7.32. The molecule has 0 amide bonds. The average Bonchev–Trinajstić information content (AvgIpc) is 2.37. The van der Waals surface area contributed by atoms with Gasteiger partial charge in [0.15, 0.2) is 0 Å². The molecule has 0 N–H and O–H groups in total. The number of likely N-dealkylation sites (tertiary alicyclic amines) is 1. The highest BCUT2D eigenvalue weighted by Crippen LogP contribution is 2.25. The fourth-order valence-electron chi connectivity index (χ4n) is 2.42. The second-order valence-corrected chi connectivity index (χ2v) is 5.75. The van der Waals surface area contributed by atoms with Crippen molar-refractivity contribution in [1.82, 2.24) is 4.90 Å². The van der Waals surface area contributed by atoms with Crippen LogP contribution in [0.4, 0.5) is 8.78 Å². The predicted molar refractivity (Wildman–Crippen MR) is 74.8 cm³/mol. The fourth-order valence-corrected chi connectivity index (χ4v) is 2.82. The molecular formula is C14H18BrF2NO. The maximum atomic E-state index is 12.4. The number of benzene rings is 1. The molecule has 0 unspecified atom stereocenters. The van der Waals surface area contributed by atoms with Crippen molar-refractivity contribution in [2.24, 2.45) is 5.92 Å². The number of halogens is 3. The zero-order valence-electron chi connectivity index (χ0n) is 10.7. The SMILES string of the molecule is FC(F)CN1CCC[C@H](COc2ccccc2Br)C1. The minimum Gasteiger partial charge on any atom is -0.492 e. The molecule has 0 saturated carbocycles. The lowest BCUT2D eigenvalue weighted by Gasteiger charge is -2.32. The molecule has 0 bridgehead atoms. The highest BCUT2D eigenvalue weighted by atomic mass is 79.9. The average molecular weight is 334 g/mol. The Kier molecular flexibility index (Phi) is 5.58. The molecule has 1 atom stereocenters. The summed E-state index contributed by atoms with van der Waals surface area (Å²) in [4.78, 5) is 1.84. The van der Waals surface area contributed by atoms with Crippen LogP contribution < -0.4 is 4.74 Å². The summed E-state index contributed by atoms with van der Waals surface area (Å²) < 4.78 is 31.4. The van der Waals surface area contributed by atoms with Crippen molar-refractivity contribution in [3.05, 3.63) is 28.7 Å². The van der Waals surface area contributed by atoms with Gasteiger partial charge in [-0.05, 0) is 47.4 Å². The number of rotatable bonds is 5. The Bertz CT molecular complexity index is 403. The number of piperidine rings is 1. The summed E-state index contributed by atoms with van der Waals surface area (Å²) in [5.41, 5.74) is 0. The van der Waals surface area contributed by atoms with E-state index in [0.29, 0.717) is 19.1 Å². The van der Waals surface area contributed by atoms with Crippen molar-refractivity contribution in [2.75, 3.05) is 26.2 Å². The maximum Gasteiger partial charge on any atom is 0.251 e. The van der Waals surface area contributed by atoms with E-state index in [1.165, 1.54) is 0 Å². The van der Waals surface area contributed by atoms with Crippen LogP contribution >= 0.6 is 15.9 Å². The first-order chi connectivity index (χ1) is 9.15. The van der Waals surface area contributed by atoms with Gasteiger partial charge < -0.3 is 4.74 Å². The topological polar surface area (TPSA) is 12.5 Å². The normalized spacial score (nSPS) is 20.7. The monoisotopic (exact) mass is 333 g/mol. The molecule has 1 aliphatic heterocycles. The summed E-state index contributed by atoms with van der Waals surface area (Å²) in [7, 11) is 0. The molecule has 0 aromatic heterocycles. The summed E-state index contributed by atoms with van der Waals surface area (Å²) in [5, 5.41) is 0. The first-order valence-electron chi connectivity index (χ1n) is 6.53. The zero-order valence-corrected chi connectivity index (χ0v) is 12.3. The minimum absolute atomic E-state index is 0.120. The Morgan fingerprint density at radius 1 is 1.37 bits per heavy atom. The van der Waals surface area contributed by atoms with Crippen molar-refractivity contribution in [3.8, 4) is 5.75 Å². The van der Waals surface area contributed by atoms with Crippen LogP contribution in [0.1, 0.15) is 12.8 Å². The van der Waals surface area contributed by atoms with E-state index >= 15 is 0 Å². The van der Waals surface area contributed by atoms with Crippen molar-refractivity contribution in [3.63, 3.8) is 0 Å². The third-order valence-corrected chi connectivity index (χ3v) is 3.97. The Balaban J connectivity index is 1.81. The summed E-state index contributed by atoms with van der Waals surface area (Å²) in [5.74, 6) is 1.15. The lowest BCUT2D eigenvalue weighted by molar-refractivity contribution is 0.0551. The standard InChI is InChI=1S/C14H18BrF2NO/c15-12-5-1-2-6-13(12)19-10-11-4-3-7-18(8-11)9-14(16)17/h1-2,5-6,11,14H,3-4,7-10H2/t11-/m0/s1. The van der Waals surface area contributed by atoms with E-state index in [1.807, 2.05) is 29.2 Å². The fraction of sp³-hybridized carbons (Fsp3) is 0.571. The number of hydrogen-bond acceptors (Lipinski definition) is 2. The second-order valence-electron chi connectivity index (χ2n) is 4.90. The van der Waals surface area contributed by atoms with Crippen molar-refractivity contribution in [2.45, 2.75) is 19.3 Å². The lowest BCUT2D eigenvalue weighted by atomic mass is 9.99. The van der Waals surface area contributed by atoms with Crippen LogP contribution in [-0.4, -0.2) is 37.6 Å². The molecular weight excluding hydrogens is 316 g/mol. The predicted octanol–water partition coefficient (Wildman–Crippen LogP) is 3.81. The number of para-hydroxylation sites is 1. The molecule has 5 heteroatoms. The van der Waals surface area contributed by atoms with Crippen LogP contribution in [0.25, 0.3) is 0 Å². The molecule has 0 spiro atoms. The zero-order chi connectivity index (χ0) is 13.7. The third kappa shape index (κ3) is 4.73. The van der Waals surface area contributed by atoms with Gasteiger partial charge in [-0.1, -0.05) is 12.1 Å². The van der Waals surface area contributed by atoms with E-state index in [2.05, 4.69) is 15.9 Å². The molecule has 1 aromatic rings. The number of ether oxygens (including phenoxy) is 1. The van der Waals surface area contributed by atoms with Gasteiger partial charge in [0, 0.05) is 12.5 Å². The molecule has 1 heterocycles. The quantitative estimate of drug-likeness (QED) is 0.812. The van der Waals surface area contributed by atoms with Gasteiger partial charge in [0.1, 0.15) is 5.75 Å². The van der Waals surface area contributed by atoms with Crippen LogP contribution in [0.2, 0.25) is 0 Å². The van der Waals surface area contributed by atoms with E-state index in [1.54, 1.807) is 0 Å². The van der Waals surface area contributed by atoms with Crippen molar-refractivity contribution >= 4 is 15.9 Å². The van der Waals surface area contributed by atoms with Gasteiger partial charge in [-0.3, -0.25) is 4.90 Å². The van der Waals surface area contributed by atoms with Crippen LogP contribution in [0.15, 0.2) is 28.7 Å². The third-order valence-electron chi connectivity index (χ3n) is 3.31. The van der Waals surface area contributed by atoms with Gasteiger partial charge in [-0.2, -0.15) is 0 Å². The summed E-state index contributed by atoms with van der Waals surface area (Å²) in [6.07, 6.45) is -0.233. The Morgan fingerprint density at radius 2 is 2.16 bits per heavy atom. The maximum absolute atomic E-state index is 12.4. The van der Waals surface area contributed by atoms with E-state index in [9.17, 15) is 8.78 Å². The minimum atomic E-state index is -2.25. The Hall–Kier alpha value is -0.680. The van der Waals surface area contributed by atoms with Gasteiger partial charge in [-0.25, -0.2) is 8.78 Å². The molecule has 0 aliphatic carbocycles. The van der Waals surface area contributed by atoms with Gasteiger partial charge >= 0.3 is 0 Å². The van der Waals surface area contributed by atoms with Crippen molar-refractivity contribution in [1.29, 1.82) is 0 Å². The smallest absolute Gasteiger partial charge is 0.251 e. The van der Waals surface area contributed by atoms with Crippen LogP contribution in [0.3, 0.4) is 0 Å². The van der Waals surface area contributed by atoms with E-state index in [-0.39, 0.29) is 6.54 Å². The lowest BCUT2D eigenvalue weighted by Crippen LogP contribution is -2.40. The summed E-state index contributed by atoms with van der Waals surface area (Å²) in [6, 6.07) is 7.69. The van der Waals surface area contributed by atoms with Crippen LogP contribution in [0, 0.1) is 5.92 Å². The number of alkyl halides is 2.